The van der Waals surface area contributed by atoms with Gasteiger partial charge in [-0.3, -0.25) is 4.79 Å². The third kappa shape index (κ3) is 7.74. The predicted molar refractivity (Wildman–Crippen MR) is 110 cm³/mol. The monoisotopic (exact) mass is 462 g/mol. The summed E-state index contributed by atoms with van der Waals surface area (Å²) < 4.78 is 53.8. The van der Waals surface area contributed by atoms with Crippen LogP contribution in [0.5, 0.6) is 5.75 Å². The molecule has 0 amide bonds. The Balaban J connectivity index is 1.92. The summed E-state index contributed by atoms with van der Waals surface area (Å²) in [5.74, 6) is 0.524. The van der Waals surface area contributed by atoms with Gasteiger partial charge in [0, 0.05) is 17.3 Å². The van der Waals surface area contributed by atoms with E-state index in [1.807, 2.05) is 13.0 Å². The van der Waals surface area contributed by atoms with Gasteiger partial charge in [-0.25, -0.2) is 0 Å². The van der Waals surface area contributed by atoms with Crippen LogP contribution in [-0.4, -0.2) is 38.1 Å². The van der Waals surface area contributed by atoms with Crippen molar-refractivity contribution in [3.63, 3.8) is 0 Å². The molecule has 0 N–H and O–H groups in total. The molecule has 164 valence electrons. The molecular weight excluding hydrogens is 441 g/mol. The van der Waals surface area contributed by atoms with E-state index in [0.717, 1.165) is 22.6 Å². The number of thioether (sulfide) groups is 1. The van der Waals surface area contributed by atoms with Crippen LogP contribution in [0.15, 0.2) is 47.4 Å². The Bertz CT molecular complexity index is 828. The second-order valence-corrected chi connectivity index (χ2v) is 7.71. The molecule has 0 aliphatic carbocycles. The standard InChI is InChI=1S/C21H22ClF3O4S/c1-3-28-17(12-29-16-7-5-15(6-8-16)21(23,24)25)13-30-19-9-4-14(10-18(19)22)11-20(26)27-2/h4-10,17H,3,11-13H2,1-2H3. The van der Waals surface area contributed by atoms with E-state index in [-0.39, 0.29) is 25.1 Å². The fraction of sp³-hybridized carbons (Fsp3) is 0.381. The fourth-order valence-corrected chi connectivity index (χ4v) is 3.79. The predicted octanol–water partition coefficient (Wildman–Crippen LogP) is 5.65. The van der Waals surface area contributed by atoms with Crippen LogP contribution in [0.25, 0.3) is 0 Å². The largest absolute Gasteiger partial charge is 0.491 e. The van der Waals surface area contributed by atoms with Crippen LogP contribution in [0.3, 0.4) is 0 Å². The van der Waals surface area contributed by atoms with Crippen LogP contribution in [0.2, 0.25) is 5.02 Å². The summed E-state index contributed by atoms with van der Waals surface area (Å²) in [5, 5.41) is 0.514. The molecule has 2 aromatic carbocycles. The Hall–Kier alpha value is -1.90. The molecule has 0 aliphatic rings. The first kappa shape index (κ1) is 24.4. The number of rotatable bonds is 10. The summed E-state index contributed by atoms with van der Waals surface area (Å²) in [4.78, 5) is 12.2. The number of methoxy groups -OCH3 is 1. The van der Waals surface area contributed by atoms with Gasteiger partial charge in [-0.1, -0.05) is 17.7 Å². The van der Waals surface area contributed by atoms with Crippen LogP contribution >= 0.6 is 23.4 Å². The van der Waals surface area contributed by atoms with E-state index in [1.54, 1.807) is 12.1 Å². The smallest absolute Gasteiger partial charge is 0.416 e. The molecule has 0 aromatic heterocycles. The summed E-state index contributed by atoms with van der Waals surface area (Å²) in [5.41, 5.74) is 0.0280. The van der Waals surface area contributed by atoms with Gasteiger partial charge in [-0.05, 0) is 48.9 Å². The molecule has 9 heteroatoms. The summed E-state index contributed by atoms with van der Waals surface area (Å²) in [7, 11) is 1.33. The van der Waals surface area contributed by atoms with Crippen LogP contribution in [0.4, 0.5) is 13.2 Å². The maximum absolute atomic E-state index is 12.6. The first-order valence-electron chi connectivity index (χ1n) is 9.12. The number of carbonyl (C=O) groups excluding carboxylic acids is 1. The second-order valence-electron chi connectivity index (χ2n) is 6.24. The van der Waals surface area contributed by atoms with Crippen molar-refractivity contribution in [2.75, 3.05) is 26.1 Å². The minimum atomic E-state index is -4.38. The van der Waals surface area contributed by atoms with Gasteiger partial charge in [0.2, 0.25) is 0 Å². The van der Waals surface area contributed by atoms with Gasteiger partial charge in [0.25, 0.3) is 0 Å². The van der Waals surface area contributed by atoms with Gasteiger partial charge in [0.05, 0.1) is 24.1 Å². The van der Waals surface area contributed by atoms with E-state index in [4.69, 9.17) is 21.1 Å². The molecule has 0 radical (unpaired) electrons. The first-order valence-corrected chi connectivity index (χ1v) is 10.5. The molecule has 0 bridgehead atoms. The minimum absolute atomic E-state index is 0.143. The van der Waals surface area contributed by atoms with Gasteiger partial charge >= 0.3 is 12.1 Å². The number of alkyl halides is 3. The van der Waals surface area contributed by atoms with E-state index >= 15 is 0 Å². The van der Waals surface area contributed by atoms with Crippen molar-refractivity contribution in [1.82, 2.24) is 0 Å². The Morgan fingerprint density at radius 2 is 1.87 bits per heavy atom. The van der Waals surface area contributed by atoms with E-state index in [0.29, 0.717) is 23.1 Å². The van der Waals surface area contributed by atoms with Gasteiger partial charge < -0.3 is 14.2 Å². The number of hydrogen-bond acceptors (Lipinski definition) is 5. The number of carbonyl (C=O) groups is 1. The Labute approximate surface area is 182 Å². The van der Waals surface area contributed by atoms with Crippen molar-refractivity contribution in [3.8, 4) is 5.75 Å². The fourth-order valence-electron chi connectivity index (χ4n) is 2.50. The Morgan fingerprint density at radius 1 is 1.17 bits per heavy atom. The molecular formula is C21H22ClF3O4S. The van der Waals surface area contributed by atoms with Gasteiger partial charge in [-0.15, -0.1) is 11.8 Å². The summed E-state index contributed by atoms with van der Waals surface area (Å²) in [6.45, 7) is 2.50. The molecule has 0 spiro atoms. The van der Waals surface area contributed by atoms with E-state index < -0.39 is 11.7 Å². The first-order chi connectivity index (χ1) is 14.2. The molecule has 0 heterocycles. The zero-order valence-electron chi connectivity index (χ0n) is 16.5. The third-order valence-corrected chi connectivity index (χ3v) is 5.65. The van der Waals surface area contributed by atoms with Crippen molar-refractivity contribution in [2.45, 2.75) is 30.5 Å². The maximum atomic E-state index is 12.6. The molecule has 4 nitrogen and oxygen atoms in total. The zero-order chi connectivity index (χ0) is 22.1. The maximum Gasteiger partial charge on any atom is 0.416 e. The molecule has 2 rings (SSSR count). The lowest BCUT2D eigenvalue weighted by molar-refractivity contribution is -0.140. The Morgan fingerprint density at radius 3 is 2.43 bits per heavy atom. The minimum Gasteiger partial charge on any atom is -0.491 e. The average molecular weight is 463 g/mol. The number of ether oxygens (including phenoxy) is 3. The van der Waals surface area contributed by atoms with Crippen molar-refractivity contribution in [3.05, 3.63) is 58.6 Å². The van der Waals surface area contributed by atoms with Crippen molar-refractivity contribution in [2.24, 2.45) is 0 Å². The van der Waals surface area contributed by atoms with E-state index in [9.17, 15) is 18.0 Å². The van der Waals surface area contributed by atoms with Crippen molar-refractivity contribution < 1.29 is 32.2 Å². The van der Waals surface area contributed by atoms with Crippen LogP contribution in [0.1, 0.15) is 18.1 Å². The second kappa shape index (κ2) is 11.5. The average Bonchev–Trinajstić information content (AvgIpc) is 2.70. The molecule has 30 heavy (non-hydrogen) atoms. The molecule has 0 fully saturated rings. The molecule has 2 aromatic rings. The molecule has 1 atom stereocenters. The number of hydrogen-bond donors (Lipinski definition) is 0. The zero-order valence-corrected chi connectivity index (χ0v) is 18.1. The van der Waals surface area contributed by atoms with Crippen molar-refractivity contribution in [1.29, 1.82) is 0 Å². The van der Waals surface area contributed by atoms with Crippen LogP contribution in [0, 0.1) is 0 Å². The Kier molecular flexibility index (Phi) is 9.33. The number of esters is 1. The molecule has 0 saturated carbocycles. The van der Waals surface area contributed by atoms with Gasteiger partial charge in [0.1, 0.15) is 18.5 Å². The third-order valence-electron chi connectivity index (χ3n) is 4.02. The quantitative estimate of drug-likeness (QED) is 0.337. The summed E-state index contributed by atoms with van der Waals surface area (Å²) >= 11 is 7.77. The lowest BCUT2D eigenvalue weighted by Gasteiger charge is -2.18. The number of benzene rings is 2. The van der Waals surface area contributed by atoms with Crippen LogP contribution < -0.4 is 4.74 Å². The molecule has 0 aliphatic heterocycles. The SMILES string of the molecule is CCOC(COc1ccc(C(F)(F)F)cc1)CSc1ccc(CC(=O)OC)cc1Cl. The summed E-state index contributed by atoms with van der Waals surface area (Å²) in [6, 6.07) is 9.89. The van der Waals surface area contributed by atoms with Gasteiger partial charge in [-0.2, -0.15) is 13.2 Å². The molecule has 0 saturated heterocycles. The molecule has 1 unspecified atom stereocenters. The van der Waals surface area contributed by atoms with E-state index in [1.165, 1.54) is 31.0 Å². The highest BCUT2D eigenvalue weighted by Crippen LogP contribution is 2.31. The van der Waals surface area contributed by atoms with Gasteiger partial charge in [0.15, 0.2) is 0 Å². The highest BCUT2D eigenvalue weighted by atomic mass is 35.5. The summed E-state index contributed by atoms with van der Waals surface area (Å²) in [6.07, 6.45) is -4.52. The van der Waals surface area contributed by atoms with E-state index in [2.05, 4.69) is 4.74 Å². The normalized spacial score (nSPS) is 12.5. The lowest BCUT2D eigenvalue weighted by Crippen LogP contribution is -2.24. The number of halogens is 4. The van der Waals surface area contributed by atoms with Crippen molar-refractivity contribution >= 4 is 29.3 Å². The van der Waals surface area contributed by atoms with Crippen LogP contribution in [-0.2, 0) is 26.9 Å². The topological polar surface area (TPSA) is 44.8 Å². The lowest BCUT2D eigenvalue weighted by atomic mass is 10.1. The highest BCUT2D eigenvalue weighted by Gasteiger charge is 2.30. The highest BCUT2D eigenvalue weighted by molar-refractivity contribution is 7.99.